The standard InChI is InChI=1S/C19H38N4O7.4ClH/c1-2-30-19(29)10-14(23)8-17(26)6-12(21)4-15(24)3-11(20)5-16(25)7-13(22)9-18(27)28;;;;/h11-14,16-17,25-26H,2-10,20-23H2,1H3,(H,27,28);4*1H. The molecular formula is C19H42Cl4N4O7. The molecule has 15 heteroatoms. The predicted octanol–water partition coefficient (Wildman–Crippen LogP) is 0.0422. The van der Waals surface area contributed by atoms with E-state index < -0.39 is 48.3 Å². The van der Waals surface area contributed by atoms with E-state index in [0.717, 1.165) is 0 Å². The van der Waals surface area contributed by atoms with E-state index in [1.807, 2.05) is 0 Å². The maximum atomic E-state index is 12.1. The molecule has 0 aliphatic heterocycles. The Bertz CT molecular complexity index is 553. The maximum Gasteiger partial charge on any atom is 0.307 e. The number of hydrogen-bond donors (Lipinski definition) is 7. The lowest BCUT2D eigenvalue weighted by Crippen LogP contribution is -2.36. The van der Waals surface area contributed by atoms with Gasteiger partial charge in [-0.3, -0.25) is 14.4 Å². The van der Waals surface area contributed by atoms with Crippen molar-refractivity contribution in [1.29, 1.82) is 0 Å². The Morgan fingerprint density at radius 1 is 0.676 bits per heavy atom. The summed E-state index contributed by atoms with van der Waals surface area (Å²) in [5, 5.41) is 28.7. The molecule has 0 amide bonds. The van der Waals surface area contributed by atoms with Crippen LogP contribution in [-0.2, 0) is 19.1 Å². The summed E-state index contributed by atoms with van der Waals surface area (Å²) in [6, 6.07) is -2.46. The molecular weight excluding hydrogens is 538 g/mol. The molecule has 0 aliphatic rings. The second-order valence-corrected chi connectivity index (χ2v) is 7.84. The number of carbonyl (C=O) groups is 3. The monoisotopic (exact) mass is 578 g/mol. The van der Waals surface area contributed by atoms with E-state index >= 15 is 0 Å². The molecule has 11 N–H and O–H groups in total. The van der Waals surface area contributed by atoms with Gasteiger partial charge in [-0.1, -0.05) is 0 Å². The fourth-order valence-corrected chi connectivity index (χ4v) is 3.25. The topological polar surface area (TPSA) is 225 Å². The van der Waals surface area contributed by atoms with Crippen LogP contribution < -0.4 is 22.9 Å². The largest absolute Gasteiger partial charge is 0.481 e. The third-order valence-electron chi connectivity index (χ3n) is 4.45. The summed E-state index contributed by atoms with van der Waals surface area (Å²) in [5.41, 5.74) is 23.2. The zero-order valence-corrected chi connectivity index (χ0v) is 22.5. The maximum absolute atomic E-state index is 12.1. The average molecular weight is 580 g/mol. The van der Waals surface area contributed by atoms with Gasteiger partial charge in [0.2, 0.25) is 0 Å². The number of ether oxygens (including phenoxy) is 1. The van der Waals surface area contributed by atoms with Crippen molar-refractivity contribution in [3.05, 3.63) is 0 Å². The molecule has 0 spiro atoms. The van der Waals surface area contributed by atoms with Gasteiger partial charge in [0.1, 0.15) is 5.78 Å². The highest BCUT2D eigenvalue weighted by molar-refractivity contribution is 5.86. The molecule has 0 fully saturated rings. The Morgan fingerprint density at radius 2 is 1.00 bits per heavy atom. The average Bonchev–Trinajstić information content (AvgIpc) is 2.52. The first-order valence-corrected chi connectivity index (χ1v) is 10.2. The molecule has 6 unspecified atom stereocenters. The minimum atomic E-state index is -1.05. The van der Waals surface area contributed by atoms with Crippen LogP contribution in [0.5, 0.6) is 0 Å². The Labute approximate surface area is 225 Å². The molecule has 0 saturated heterocycles. The molecule has 0 radical (unpaired) electrons. The number of aliphatic hydroxyl groups is 2. The van der Waals surface area contributed by atoms with Gasteiger partial charge in [-0.25, -0.2) is 0 Å². The van der Waals surface area contributed by atoms with Crippen LogP contribution in [0.4, 0.5) is 0 Å². The SMILES string of the molecule is CCOC(=O)CC(N)CC(O)CC(N)CC(=O)CC(N)CC(O)CC(N)CC(=O)O.Cl.Cl.Cl.Cl. The molecule has 208 valence electrons. The Kier molecular flexibility index (Phi) is 31.1. The number of esters is 1. The molecule has 0 aromatic carbocycles. The van der Waals surface area contributed by atoms with E-state index in [1.54, 1.807) is 6.92 Å². The summed E-state index contributed by atoms with van der Waals surface area (Å²) >= 11 is 0. The van der Waals surface area contributed by atoms with Gasteiger partial charge in [0.15, 0.2) is 0 Å². The highest BCUT2D eigenvalue weighted by atomic mass is 35.5. The lowest BCUT2D eigenvalue weighted by Gasteiger charge is -2.21. The van der Waals surface area contributed by atoms with E-state index in [1.165, 1.54) is 0 Å². The molecule has 11 nitrogen and oxygen atoms in total. The van der Waals surface area contributed by atoms with Crippen LogP contribution in [0.3, 0.4) is 0 Å². The van der Waals surface area contributed by atoms with Gasteiger partial charge < -0.3 is 43.0 Å². The minimum Gasteiger partial charge on any atom is -0.481 e. The first kappa shape index (κ1) is 43.6. The molecule has 0 aromatic heterocycles. The molecule has 0 aromatic rings. The van der Waals surface area contributed by atoms with E-state index in [9.17, 15) is 24.6 Å². The van der Waals surface area contributed by atoms with E-state index in [-0.39, 0.29) is 113 Å². The molecule has 0 bridgehead atoms. The van der Waals surface area contributed by atoms with Crippen molar-refractivity contribution < 1.29 is 34.4 Å². The number of halogens is 4. The lowest BCUT2D eigenvalue weighted by molar-refractivity contribution is -0.143. The van der Waals surface area contributed by atoms with Crippen LogP contribution >= 0.6 is 49.6 Å². The van der Waals surface area contributed by atoms with Crippen molar-refractivity contribution in [1.82, 2.24) is 0 Å². The van der Waals surface area contributed by atoms with Crippen LogP contribution in [0.2, 0.25) is 0 Å². The normalized spacial score (nSPS) is 15.4. The van der Waals surface area contributed by atoms with Gasteiger partial charge in [-0.15, -0.1) is 49.6 Å². The molecule has 34 heavy (non-hydrogen) atoms. The summed E-state index contributed by atoms with van der Waals surface area (Å²) < 4.78 is 4.80. The second-order valence-electron chi connectivity index (χ2n) is 7.84. The number of carboxylic acids is 1. The number of nitrogens with two attached hydrogens (primary N) is 4. The zero-order chi connectivity index (χ0) is 23.3. The summed E-state index contributed by atoms with van der Waals surface area (Å²) in [4.78, 5) is 34.1. The van der Waals surface area contributed by atoms with E-state index in [0.29, 0.717) is 0 Å². The van der Waals surface area contributed by atoms with Crippen molar-refractivity contribution in [2.75, 3.05) is 6.61 Å². The van der Waals surface area contributed by atoms with Gasteiger partial charge in [-0.2, -0.15) is 0 Å². The number of rotatable bonds is 17. The first-order chi connectivity index (χ1) is 13.9. The fourth-order valence-electron chi connectivity index (χ4n) is 3.25. The van der Waals surface area contributed by atoms with Gasteiger partial charge >= 0.3 is 11.9 Å². The van der Waals surface area contributed by atoms with Crippen molar-refractivity contribution in [3.8, 4) is 0 Å². The molecule has 0 rings (SSSR count). The second kappa shape index (κ2) is 24.2. The van der Waals surface area contributed by atoms with E-state index in [2.05, 4.69) is 0 Å². The summed E-state index contributed by atoms with van der Waals surface area (Å²) in [6.07, 6.45) is -1.54. The lowest BCUT2D eigenvalue weighted by atomic mass is 9.94. The summed E-state index contributed by atoms with van der Waals surface area (Å²) in [5.74, 6) is -1.69. The van der Waals surface area contributed by atoms with Gasteiger partial charge in [0.25, 0.3) is 0 Å². The van der Waals surface area contributed by atoms with Crippen LogP contribution in [0.15, 0.2) is 0 Å². The fraction of sp³-hybridized carbons (Fsp3) is 0.842. The Balaban J connectivity index is -0.000000701. The number of aliphatic carboxylic acids is 1. The first-order valence-electron chi connectivity index (χ1n) is 10.2. The van der Waals surface area contributed by atoms with Crippen LogP contribution in [0.25, 0.3) is 0 Å². The number of hydrogen-bond acceptors (Lipinski definition) is 10. The number of aliphatic hydroxyl groups excluding tert-OH is 2. The predicted molar refractivity (Wildman–Crippen MR) is 139 cm³/mol. The number of Topliss-reactive ketones (excluding diaryl/α,β-unsaturated/α-hetero) is 1. The third kappa shape index (κ3) is 24.6. The summed E-state index contributed by atoms with van der Waals surface area (Å²) in [6.45, 7) is 1.95. The molecule has 0 heterocycles. The highest BCUT2D eigenvalue weighted by Gasteiger charge is 2.21. The molecule has 0 aliphatic carbocycles. The Morgan fingerprint density at radius 3 is 1.32 bits per heavy atom. The Hall–Kier alpha value is -0.470. The minimum absolute atomic E-state index is 0. The molecule has 0 saturated carbocycles. The van der Waals surface area contributed by atoms with Crippen molar-refractivity contribution in [2.45, 2.75) is 94.7 Å². The molecule has 6 atom stereocenters. The quantitative estimate of drug-likeness (QED) is 0.114. The van der Waals surface area contributed by atoms with Gasteiger partial charge in [-0.05, 0) is 32.6 Å². The number of carboxylic acid groups (broad SMARTS) is 1. The van der Waals surface area contributed by atoms with Gasteiger partial charge in [0.05, 0.1) is 31.7 Å². The smallest absolute Gasteiger partial charge is 0.307 e. The van der Waals surface area contributed by atoms with Crippen molar-refractivity contribution >= 4 is 67.3 Å². The van der Waals surface area contributed by atoms with Gasteiger partial charge in [0, 0.05) is 37.0 Å². The van der Waals surface area contributed by atoms with Crippen LogP contribution in [0.1, 0.15) is 58.3 Å². The third-order valence-corrected chi connectivity index (χ3v) is 4.45. The van der Waals surface area contributed by atoms with Crippen molar-refractivity contribution in [2.24, 2.45) is 22.9 Å². The van der Waals surface area contributed by atoms with Crippen LogP contribution in [-0.4, -0.2) is 76.0 Å². The number of carbonyl (C=O) groups excluding carboxylic acids is 2. The number of ketones is 1. The highest BCUT2D eigenvalue weighted by Crippen LogP contribution is 2.12. The van der Waals surface area contributed by atoms with Crippen LogP contribution in [0, 0.1) is 0 Å². The summed E-state index contributed by atoms with van der Waals surface area (Å²) in [7, 11) is 0. The van der Waals surface area contributed by atoms with Crippen molar-refractivity contribution in [3.63, 3.8) is 0 Å². The van der Waals surface area contributed by atoms with E-state index in [4.69, 9.17) is 32.8 Å². The zero-order valence-electron chi connectivity index (χ0n) is 19.2.